The molecule has 0 aromatic carbocycles. The van der Waals surface area contributed by atoms with Crippen molar-refractivity contribution in [1.29, 1.82) is 0 Å². The summed E-state index contributed by atoms with van der Waals surface area (Å²) < 4.78 is 21.6. The molecule has 3 fully saturated rings. The van der Waals surface area contributed by atoms with Crippen LogP contribution in [0, 0.1) is 0 Å². The van der Waals surface area contributed by atoms with Gasteiger partial charge in [-0.1, -0.05) is 0 Å². The summed E-state index contributed by atoms with van der Waals surface area (Å²) in [6.45, 7) is 0.748. The van der Waals surface area contributed by atoms with Gasteiger partial charge in [0.2, 0.25) is 17.7 Å². The van der Waals surface area contributed by atoms with E-state index in [0.717, 1.165) is 0 Å². The number of nitrogens with one attached hydrogen (secondary N) is 3. The van der Waals surface area contributed by atoms with E-state index in [1.165, 1.54) is 0 Å². The summed E-state index contributed by atoms with van der Waals surface area (Å²) in [5.41, 5.74) is 0. The Kier molecular flexibility index (Phi) is 16.8. The molecule has 20 heteroatoms. The molecule has 3 heterocycles. The molecule has 0 radical (unpaired) electrons. The molecule has 5 amide bonds. The van der Waals surface area contributed by atoms with Crippen molar-refractivity contribution >= 4 is 35.5 Å². The predicted molar refractivity (Wildman–Crippen MR) is 163 cm³/mol. The van der Waals surface area contributed by atoms with Gasteiger partial charge < -0.3 is 65.3 Å². The minimum absolute atomic E-state index is 0.00121. The van der Waals surface area contributed by atoms with Crippen LogP contribution in [0.2, 0.25) is 0 Å². The van der Waals surface area contributed by atoms with Crippen LogP contribution in [0.1, 0.15) is 64.7 Å². The van der Waals surface area contributed by atoms with Crippen molar-refractivity contribution < 1.29 is 78.1 Å². The van der Waals surface area contributed by atoms with Crippen LogP contribution in [0.25, 0.3) is 0 Å². The third-order valence-electron chi connectivity index (χ3n) is 8.06. The first kappa shape index (κ1) is 41.1. The minimum atomic E-state index is -1.66. The van der Waals surface area contributed by atoms with Gasteiger partial charge in [-0.15, -0.1) is 5.06 Å². The highest BCUT2D eigenvalue weighted by Crippen LogP contribution is 2.22. The molecule has 50 heavy (non-hydrogen) atoms. The predicted octanol–water partition coefficient (Wildman–Crippen LogP) is -4.02. The van der Waals surface area contributed by atoms with Gasteiger partial charge in [-0.3, -0.25) is 24.0 Å². The van der Waals surface area contributed by atoms with Crippen LogP contribution in [0.3, 0.4) is 0 Å². The molecular weight excluding hydrogens is 672 g/mol. The van der Waals surface area contributed by atoms with Gasteiger partial charge in [0, 0.05) is 38.8 Å². The fourth-order valence-corrected chi connectivity index (χ4v) is 5.22. The molecule has 0 saturated carbocycles. The standard InChI is InChI=1S/C30H48N4O16/c1-16-6-7-18(36)29(48-16)46-12-10-31-21(38)14-17(28(45)32-11-13-47-30-27(44)26(43)25(42)19(15-35)49-30)33-20(37)4-2-3-5-24(41)50-34-22(39)8-9-23(34)40/h16-19,25-27,29-30,35-36,42-44H,2-15H2,1H3,(H,31,38)(H,32,45)(H,33,37)/t16-,17?,18-,19+,25+,26-,27-,29+,30-/m0/s1. The van der Waals surface area contributed by atoms with Crippen LogP contribution in [-0.2, 0) is 52.6 Å². The van der Waals surface area contributed by atoms with E-state index >= 15 is 0 Å². The maximum atomic E-state index is 13.0. The zero-order valence-corrected chi connectivity index (χ0v) is 27.8. The number of aliphatic hydroxyl groups is 5. The Hall–Kier alpha value is -3.34. The maximum Gasteiger partial charge on any atom is 0.333 e. The van der Waals surface area contributed by atoms with Crippen molar-refractivity contribution in [1.82, 2.24) is 21.0 Å². The first-order chi connectivity index (χ1) is 23.8. The maximum absolute atomic E-state index is 13.0. The topological polar surface area (TPSA) is 289 Å². The summed E-state index contributed by atoms with van der Waals surface area (Å²) in [6.07, 6.45) is -8.62. The van der Waals surface area contributed by atoms with Gasteiger partial charge in [0.15, 0.2) is 12.6 Å². The number of hydrogen-bond acceptors (Lipinski definition) is 16. The van der Waals surface area contributed by atoms with Crippen molar-refractivity contribution in [2.24, 2.45) is 0 Å². The zero-order valence-electron chi connectivity index (χ0n) is 27.8. The van der Waals surface area contributed by atoms with E-state index in [4.69, 9.17) is 23.8 Å². The zero-order chi connectivity index (χ0) is 36.8. The Morgan fingerprint density at radius 1 is 0.840 bits per heavy atom. The van der Waals surface area contributed by atoms with Crippen molar-refractivity contribution in [2.45, 2.75) is 120 Å². The summed E-state index contributed by atoms with van der Waals surface area (Å²) in [4.78, 5) is 78.4. The van der Waals surface area contributed by atoms with Gasteiger partial charge in [-0.25, -0.2) is 4.79 Å². The Morgan fingerprint density at radius 3 is 2.16 bits per heavy atom. The number of imide groups is 1. The molecule has 0 aliphatic carbocycles. The van der Waals surface area contributed by atoms with E-state index in [-0.39, 0.29) is 70.9 Å². The SMILES string of the molecule is C[C@H]1CC[C@H](O)[C@H](OCCNC(=O)CC(NC(=O)CCCCC(=O)ON2C(=O)CCC2=O)C(=O)NCCO[C@H]2O[C@H](CO)[C@@H](O)[C@H](O)[C@@H]2O)O1. The van der Waals surface area contributed by atoms with Crippen LogP contribution in [0.15, 0.2) is 0 Å². The second-order valence-electron chi connectivity index (χ2n) is 12.1. The van der Waals surface area contributed by atoms with Gasteiger partial charge in [0.25, 0.3) is 11.8 Å². The highest BCUT2D eigenvalue weighted by molar-refractivity contribution is 6.01. The Balaban J connectivity index is 1.46. The number of carbonyl (C=O) groups excluding carboxylic acids is 6. The summed E-state index contributed by atoms with van der Waals surface area (Å²) >= 11 is 0. The first-order valence-electron chi connectivity index (χ1n) is 16.6. The number of hydrogen-bond donors (Lipinski definition) is 8. The van der Waals surface area contributed by atoms with Gasteiger partial charge in [0.05, 0.1) is 32.3 Å². The van der Waals surface area contributed by atoms with Crippen molar-refractivity contribution in [3.63, 3.8) is 0 Å². The fraction of sp³-hybridized carbons (Fsp3) is 0.800. The molecule has 0 bridgehead atoms. The second-order valence-corrected chi connectivity index (χ2v) is 12.1. The lowest BCUT2D eigenvalue weighted by molar-refractivity contribution is -0.300. The highest BCUT2D eigenvalue weighted by atomic mass is 16.7. The molecule has 284 valence electrons. The Morgan fingerprint density at radius 2 is 1.48 bits per heavy atom. The van der Waals surface area contributed by atoms with E-state index in [1.807, 2.05) is 6.92 Å². The lowest BCUT2D eigenvalue weighted by atomic mass is 9.99. The number of amides is 5. The van der Waals surface area contributed by atoms with E-state index in [0.29, 0.717) is 17.9 Å². The molecule has 3 rings (SSSR count). The quantitative estimate of drug-likeness (QED) is 0.0466. The Bertz CT molecular complexity index is 1160. The van der Waals surface area contributed by atoms with Crippen molar-refractivity contribution in [3.8, 4) is 0 Å². The lowest BCUT2D eigenvalue weighted by Crippen LogP contribution is -2.59. The van der Waals surface area contributed by atoms with Gasteiger partial charge >= 0.3 is 5.97 Å². The van der Waals surface area contributed by atoms with Crippen LogP contribution >= 0.6 is 0 Å². The highest BCUT2D eigenvalue weighted by Gasteiger charge is 2.44. The van der Waals surface area contributed by atoms with E-state index in [1.54, 1.807) is 0 Å². The molecule has 9 atom stereocenters. The number of nitrogens with zero attached hydrogens (tertiary/aromatic N) is 1. The third kappa shape index (κ3) is 12.8. The lowest BCUT2D eigenvalue weighted by Gasteiger charge is -2.39. The minimum Gasteiger partial charge on any atom is -0.394 e. The van der Waals surface area contributed by atoms with Gasteiger partial charge in [0.1, 0.15) is 36.6 Å². The molecule has 3 saturated heterocycles. The molecular formula is C30H48N4O16. The molecule has 0 aromatic rings. The van der Waals surface area contributed by atoms with Crippen LogP contribution in [0.4, 0.5) is 0 Å². The third-order valence-corrected chi connectivity index (χ3v) is 8.06. The van der Waals surface area contributed by atoms with Crippen LogP contribution in [-0.4, -0.2) is 154 Å². The average molecular weight is 721 g/mol. The molecule has 0 aromatic heterocycles. The molecule has 0 spiro atoms. The second kappa shape index (κ2) is 20.5. The normalized spacial score (nSPS) is 29.0. The number of ether oxygens (including phenoxy) is 4. The Labute approximate surface area is 287 Å². The van der Waals surface area contributed by atoms with Crippen LogP contribution in [0.5, 0.6) is 0 Å². The van der Waals surface area contributed by atoms with E-state index in [2.05, 4.69) is 16.0 Å². The molecule has 8 N–H and O–H groups in total. The van der Waals surface area contributed by atoms with Crippen molar-refractivity contribution in [3.05, 3.63) is 0 Å². The van der Waals surface area contributed by atoms with Crippen molar-refractivity contribution in [2.75, 3.05) is 32.9 Å². The molecule has 3 aliphatic rings. The summed E-state index contributed by atoms with van der Waals surface area (Å²) in [6, 6.07) is -1.35. The number of hydroxylamine groups is 2. The number of rotatable bonds is 19. The van der Waals surface area contributed by atoms with Gasteiger partial charge in [-0.2, -0.15) is 0 Å². The summed E-state index contributed by atoms with van der Waals surface area (Å²) in [7, 11) is 0. The van der Waals surface area contributed by atoms with Gasteiger partial charge in [-0.05, 0) is 32.6 Å². The van der Waals surface area contributed by atoms with E-state index in [9.17, 15) is 54.3 Å². The smallest absolute Gasteiger partial charge is 0.333 e. The molecule has 3 aliphatic heterocycles. The largest absolute Gasteiger partial charge is 0.394 e. The number of unbranched alkanes of at least 4 members (excludes halogenated alkanes) is 1. The fourth-order valence-electron chi connectivity index (χ4n) is 5.22. The average Bonchev–Trinajstić information content (AvgIpc) is 3.39. The molecule has 20 nitrogen and oxygen atoms in total. The monoisotopic (exact) mass is 720 g/mol. The summed E-state index contributed by atoms with van der Waals surface area (Å²) in [5, 5.41) is 57.2. The van der Waals surface area contributed by atoms with Crippen LogP contribution < -0.4 is 16.0 Å². The molecule has 1 unspecified atom stereocenters. The number of carbonyl (C=O) groups is 6. The number of aliphatic hydroxyl groups excluding tert-OH is 5. The first-order valence-corrected chi connectivity index (χ1v) is 16.6. The van der Waals surface area contributed by atoms with E-state index < -0.39 is 97.7 Å². The summed E-state index contributed by atoms with van der Waals surface area (Å²) in [5.74, 6) is -4.05.